The van der Waals surface area contributed by atoms with Crippen LogP contribution in [0.3, 0.4) is 0 Å². The Morgan fingerprint density at radius 3 is 2.48 bits per heavy atom. The number of fused-ring (bicyclic) bond motifs is 1. The molecule has 0 spiro atoms. The lowest BCUT2D eigenvalue weighted by molar-refractivity contribution is -0.134. The molecule has 1 saturated carbocycles. The highest BCUT2D eigenvalue weighted by atomic mass is 35.5. The van der Waals surface area contributed by atoms with Gasteiger partial charge in [0.25, 0.3) is 5.91 Å². The number of aryl methyl sites for hydroxylation is 1. The molecule has 0 unspecified atom stereocenters. The van der Waals surface area contributed by atoms with Gasteiger partial charge in [0.1, 0.15) is 4.83 Å². The number of benzene rings is 1. The highest BCUT2D eigenvalue weighted by molar-refractivity contribution is 7.20. The Morgan fingerprint density at radius 1 is 1.10 bits per heavy atom. The summed E-state index contributed by atoms with van der Waals surface area (Å²) in [5.41, 5.74) is 1.81. The van der Waals surface area contributed by atoms with Crippen molar-refractivity contribution in [1.82, 2.24) is 19.6 Å². The summed E-state index contributed by atoms with van der Waals surface area (Å²) in [6, 6.07) is 7.37. The van der Waals surface area contributed by atoms with Crippen molar-refractivity contribution in [3.63, 3.8) is 0 Å². The monoisotopic (exact) mass is 476 g/mol. The second kappa shape index (κ2) is 8.11. The first-order valence-electron chi connectivity index (χ1n) is 10.4. The van der Waals surface area contributed by atoms with Crippen LogP contribution in [0.1, 0.15) is 33.8 Å². The predicted octanol–water partition coefficient (Wildman–Crippen LogP) is 4.46. The van der Waals surface area contributed by atoms with E-state index in [0.717, 1.165) is 34.3 Å². The average Bonchev–Trinajstić information content (AvgIpc) is 3.45. The van der Waals surface area contributed by atoms with Crippen LogP contribution in [-0.2, 0) is 11.3 Å². The number of hydrogen-bond acceptors (Lipinski definition) is 4. The Hall–Kier alpha value is -2.09. The van der Waals surface area contributed by atoms with Gasteiger partial charge < -0.3 is 9.80 Å². The molecule has 5 rings (SSSR count). The number of rotatable bonds is 4. The van der Waals surface area contributed by atoms with Gasteiger partial charge in [0, 0.05) is 47.5 Å². The van der Waals surface area contributed by atoms with Gasteiger partial charge in [-0.15, -0.1) is 11.3 Å². The number of carbonyl (C=O) groups is 2. The lowest BCUT2D eigenvalue weighted by atomic mass is 10.2. The zero-order valence-corrected chi connectivity index (χ0v) is 19.4. The first-order chi connectivity index (χ1) is 14.9. The van der Waals surface area contributed by atoms with Gasteiger partial charge in [0.05, 0.1) is 17.1 Å². The third-order valence-corrected chi connectivity index (χ3v) is 7.68. The summed E-state index contributed by atoms with van der Waals surface area (Å²) in [6.07, 6.45) is 2.02. The van der Waals surface area contributed by atoms with Gasteiger partial charge in [0.15, 0.2) is 0 Å². The summed E-state index contributed by atoms with van der Waals surface area (Å²) < 4.78 is 1.90. The molecule has 2 aliphatic rings. The van der Waals surface area contributed by atoms with Crippen LogP contribution in [0.15, 0.2) is 24.3 Å². The van der Waals surface area contributed by atoms with Crippen LogP contribution >= 0.6 is 34.5 Å². The summed E-state index contributed by atoms with van der Waals surface area (Å²) in [5.74, 6) is 0.505. The molecule has 2 amide bonds. The summed E-state index contributed by atoms with van der Waals surface area (Å²) in [6.45, 7) is 4.86. The third kappa shape index (κ3) is 4.06. The fraction of sp³-hybridized carbons (Fsp3) is 0.409. The maximum Gasteiger partial charge on any atom is 0.264 e. The van der Waals surface area contributed by atoms with E-state index in [1.807, 2.05) is 39.6 Å². The van der Waals surface area contributed by atoms with Crippen LogP contribution in [0, 0.1) is 12.8 Å². The number of nitrogens with zero attached hydrogens (tertiary/aromatic N) is 4. The standard InChI is InChI=1S/C22H22Cl2N4O2S/c1-13-17-11-19(21(30)27-8-6-26(7-9-27)20(29)14-2-3-14)31-22(17)28(25-13)12-15-4-5-16(23)10-18(15)24/h4-5,10-11,14H,2-3,6-9,12H2,1H3. The van der Waals surface area contributed by atoms with Crippen LogP contribution in [0.25, 0.3) is 10.2 Å². The van der Waals surface area contributed by atoms with Crippen LogP contribution < -0.4 is 0 Å². The SMILES string of the molecule is Cc1nn(Cc2ccc(Cl)cc2Cl)c2sc(C(=O)N3CCN(C(=O)C4CC4)CC3)cc12. The van der Waals surface area contributed by atoms with Crippen molar-refractivity contribution in [3.8, 4) is 0 Å². The Morgan fingerprint density at radius 2 is 1.81 bits per heavy atom. The van der Waals surface area contributed by atoms with Crippen molar-refractivity contribution in [2.45, 2.75) is 26.3 Å². The lowest BCUT2D eigenvalue weighted by Gasteiger charge is -2.34. The Kier molecular flexibility index (Phi) is 5.44. The fourth-order valence-electron chi connectivity index (χ4n) is 4.01. The van der Waals surface area contributed by atoms with Crippen LogP contribution in [0.5, 0.6) is 0 Å². The van der Waals surface area contributed by atoms with E-state index in [1.54, 1.807) is 6.07 Å². The molecule has 0 radical (unpaired) electrons. The van der Waals surface area contributed by atoms with Gasteiger partial charge in [-0.05, 0) is 43.5 Å². The molecular weight excluding hydrogens is 455 g/mol. The largest absolute Gasteiger partial charge is 0.339 e. The van der Waals surface area contributed by atoms with Crippen molar-refractivity contribution in [2.24, 2.45) is 5.92 Å². The van der Waals surface area contributed by atoms with Gasteiger partial charge in [0.2, 0.25) is 5.91 Å². The minimum atomic E-state index is 0.0233. The average molecular weight is 477 g/mol. The highest BCUT2D eigenvalue weighted by Crippen LogP contribution is 2.33. The number of thiophene rings is 1. The molecule has 162 valence electrons. The molecule has 3 heterocycles. The smallest absolute Gasteiger partial charge is 0.264 e. The number of piperazine rings is 1. The molecule has 31 heavy (non-hydrogen) atoms. The Balaban J connectivity index is 1.33. The summed E-state index contributed by atoms with van der Waals surface area (Å²) in [4.78, 5) is 30.8. The molecule has 2 aromatic heterocycles. The van der Waals surface area contributed by atoms with E-state index in [4.69, 9.17) is 23.2 Å². The van der Waals surface area contributed by atoms with E-state index in [2.05, 4.69) is 5.10 Å². The first-order valence-corrected chi connectivity index (χ1v) is 12.0. The zero-order chi connectivity index (χ0) is 21.7. The second-order valence-corrected chi connectivity index (χ2v) is 10.1. The van der Waals surface area contributed by atoms with E-state index in [9.17, 15) is 9.59 Å². The third-order valence-electron chi connectivity index (χ3n) is 5.96. The first kappa shape index (κ1) is 20.8. The molecule has 0 atom stereocenters. The van der Waals surface area contributed by atoms with Gasteiger partial charge in [-0.25, -0.2) is 0 Å². The van der Waals surface area contributed by atoms with Crippen molar-refractivity contribution in [3.05, 3.63) is 50.4 Å². The lowest BCUT2D eigenvalue weighted by Crippen LogP contribution is -2.50. The van der Waals surface area contributed by atoms with Crippen molar-refractivity contribution in [2.75, 3.05) is 26.2 Å². The van der Waals surface area contributed by atoms with Crippen molar-refractivity contribution >= 4 is 56.6 Å². The second-order valence-electron chi connectivity index (χ2n) is 8.20. The van der Waals surface area contributed by atoms with Gasteiger partial charge in [-0.2, -0.15) is 5.10 Å². The minimum absolute atomic E-state index is 0.0233. The summed E-state index contributed by atoms with van der Waals surface area (Å²) in [5, 5.41) is 6.82. The molecule has 6 nitrogen and oxygen atoms in total. The van der Waals surface area contributed by atoms with E-state index >= 15 is 0 Å². The highest BCUT2D eigenvalue weighted by Gasteiger charge is 2.35. The van der Waals surface area contributed by atoms with E-state index < -0.39 is 0 Å². The Labute approximate surface area is 194 Å². The fourth-order valence-corrected chi connectivity index (χ4v) is 5.61. The quantitative estimate of drug-likeness (QED) is 0.558. The number of halogens is 2. The van der Waals surface area contributed by atoms with Gasteiger partial charge in [-0.3, -0.25) is 14.3 Å². The maximum absolute atomic E-state index is 13.1. The molecule has 0 N–H and O–H groups in total. The maximum atomic E-state index is 13.1. The topological polar surface area (TPSA) is 58.4 Å². The molecular formula is C22H22Cl2N4O2S. The predicted molar refractivity (Wildman–Crippen MR) is 123 cm³/mol. The minimum Gasteiger partial charge on any atom is -0.339 e. The van der Waals surface area contributed by atoms with E-state index in [1.165, 1.54) is 11.3 Å². The van der Waals surface area contributed by atoms with Gasteiger partial charge in [-0.1, -0.05) is 29.3 Å². The Bertz CT molecular complexity index is 1180. The molecule has 2 fully saturated rings. The zero-order valence-electron chi connectivity index (χ0n) is 17.1. The van der Waals surface area contributed by atoms with Crippen LogP contribution in [0.4, 0.5) is 0 Å². The summed E-state index contributed by atoms with van der Waals surface area (Å²) >= 11 is 13.8. The van der Waals surface area contributed by atoms with Gasteiger partial charge >= 0.3 is 0 Å². The number of amides is 2. The molecule has 1 aliphatic heterocycles. The normalized spacial score (nSPS) is 16.9. The van der Waals surface area contributed by atoms with Crippen LogP contribution in [-0.4, -0.2) is 57.6 Å². The summed E-state index contributed by atoms with van der Waals surface area (Å²) in [7, 11) is 0. The molecule has 9 heteroatoms. The van der Waals surface area contributed by atoms with Crippen molar-refractivity contribution < 1.29 is 9.59 Å². The molecule has 1 aromatic carbocycles. The molecule has 1 aliphatic carbocycles. The molecule has 3 aromatic rings. The van der Waals surface area contributed by atoms with E-state index in [0.29, 0.717) is 47.6 Å². The number of hydrogen-bond donors (Lipinski definition) is 0. The molecule has 1 saturated heterocycles. The van der Waals surface area contributed by atoms with Crippen LogP contribution in [0.2, 0.25) is 10.0 Å². The van der Waals surface area contributed by atoms with E-state index in [-0.39, 0.29) is 17.7 Å². The number of carbonyl (C=O) groups excluding carboxylic acids is 2. The van der Waals surface area contributed by atoms with Crippen molar-refractivity contribution in [1.29, 1.82) is 0 Å². The molecule has 0 bridgehead atoms. The number of aromatic nitrogens is 2.